The molecular weight excluding hydrogens is 168 g/mol. The molecule has 1 rings (SSSR count). The minimum Gasteiger partial charge on any atom is -0.378 e. The van der Waals surface area contributed by atoms with Gasteiger partial charge in [-0.2, -0.15) is 0 Å². The number of hydrogen-bond donors (Lipinski definition) is 1. The van der Waals surface area contributed by atoms with Crippen LogP contribution in [0.4, 0.5) is 5.82 Å². The third kappa shape index (κ3) is 3.21. The van der Waals surface area contributed by atoms with Gasteiger partial charge in [0.25, 0.3) is 0 Å². The number of nitrogens with one attached hydrogen (secondary N) is 1. The van der Waals surface area contributed by atoms with Crippen LogP contribution in [0.3, 0.4) is 0 Å². The second kappa shape index (κ2) is 4.57. The Morgan fingerprint density at radius 3 is 3.00 bits per heavy atom. The zero-order chi connectivity index (χ0) is 9.68. The summed E-state index contributed by atoms with van der Waals surface area (Å²) in [7, 11) is 1.60. The number of rotatable bonds is 3. The van der Waals surface area contributed by atoms with E-state index in [0.29, 0.717) is 12.4 Å². The zero-order valence-electron chi connectivity index (χ0n) is 7.70. The Bertz CT molecular complexity index is 299. The Morgan fingerprint density at radius 1 is 1.62 bits per heavy atom. The first-order valence-electron chi connectivity index (χ1n) is 3.95. The number of amides is 1. The van der Waals surface area contributed by atoms with Gasteiger partial charge >= 0.3 is 0 Å². The molecule has 0 aliphatic heterocycles. The highest BCUT2D eigenvalue weighted by Crippen LogP contribution is 2.05. The average molecular weight is 180 g/mol. The molecule has 0 saturated carbocycles. The largest absolute Gasteiger partial charge is 0.378 e. The van der Waals surface area contributed by atoms with Gasteiger partial charge in [-0.05, 0) is 12.1 Å². The molecule has 0 fully saturated rings. The normalized spacial score (nSPS) is 9.69. The lowest BCUT2D eigenvalue weighted by atomic mass is 10.3. The molecule has 1 heterocycles. The van der Waals surface area contributed by atoms with E-state index in [9.17, 15) is 4.79 Å². The summed E-state index contributed by atoms with van der Waals surface area (Å²) in [4.78, 5) is 14.8. The van der Waals surface area contributed by atoms with Crippen LogP contribution in [0.5, 0.6) is 0 Å². The van der Waals surface area contributed by atoms with Crippen molar-refractivity contribution in [3.8, 4) is 0 Å². The average Bonchev–Trinajstić information content (AvgIpc) is 2.04. The molecule has 0 atom stereocenters. The van der Waals surface area contributed by atoms with E-state index >= 15 is 0 Å². The standard InChI is InChI=1S/C9H12N2O2/c1-7(12)10-9-5-3-4-8(11-9)6-13-2/h3-5H,6H2,1-2H3,(H,10,11,12). The molecular formula is C9H12N2O2. The highest BCUT2D eigenvalue weighted by atomic mass is 16.5. The van der Waals surface area contributed by atoms with Crippen LogP contribution in [0.1, 0.15) is 12.6 Å². The maximum Gasteiger partial charge on any atom is 0.222 e. The molecule has 0 radical (unpaired) electrons. The number of aromatic nitrogens is 1. The number of ether oxygens (including phenoxy) is 1. The molecule has 70 valence electrons. The number of nitrogens with zero attached hydrogens (tertiary/aromatic N) is 1. The molecule has 0 saturated heterocycles. The van der Waals surface area contributed by atoms with Gasteiger partial charge < -0.3 is 10.1 Å². The molecule has 1 amide bonds. The van der Waals surface area contributed by atoms with E-state index in [4.69, 9.17) is 4.74 Å². The maximum atomic E-state index is 10.7. The van der Waals surface area contributed by atoms with E-state index in [-0.39, 0.29) is 5.91 Å². The van der Waals surface area contributed by atoms with Gasteiger partial charge in [-0.1, -0.05) is 6.07 Å². The van der Waals surface area contributed by atoms with E-state index in [1.54, 1.807) is 13.2 Å². The van der Waals surface area contributed by atoms with Crippen molar-refractivity contribution < 1.29 is 9.53 Å². The topological polar surface area (TPSA) is 51.2 Å². The molecule has 0 bridgehead atoms. The summed E-state index contributed by atoms with van der Waals surface area (Å²) in [5, 5.41) is 2.60. The molecule has 4 heteroatoms. The lowest BCUT2D eigenvalue weighted by Gasteiger charge is -2.03. The van der Waals surface area contributed by atoms with Crippen molar-refractivity contribution >= 4 is 11.7 Å². The smallest absolute Gasteiger partial charge is 0.222 e. The SMILES string of the molecule is COCc1cccc(NC(C)=O)n1. The predicted molar refractivity (Wildman–Crippen MR) is 49.3 cm³/mol. The van der Waals surface area contributed by atoms with E-state index in [1.807, 2.05) is 12.1 Å². The molecule has 1 aromatic heterocycles. The van der Waals surface area contributed by atoms with Crippen molar-refractivity contribution in [2.75, 3.05) is 12.4 Å². The van der Waals surface area contributed by atoms with Gasteiger partial charge in [0.1, 0.15) is 5.82 Å². The first-order valence-corrected chi connectivity index (χ1v) is 3.95. The van der Waals surface area contributed by atoms with Crippen molar-refractivity contribution in [3.05, 3.63) is 23.9 Å². The molecule has 0 aliphatic rings. The molecule has 0 unspecified atom stereocenters. The number of carbonyl (C=O) groups excluding carboxylic acids is 1. The summed E-state index contributed by atoms with van der Waals surface area (Å²) in [6.07, 6.45) is 0. The molecule has 1 N–H and O–H groups in total. The fraction of sp³-hybridized carbons (Fsp3) is 0.333. The summed E-state index contributed by atoms with van der Waals surface area (Å²) >= 11 is 0. The first kappa shape index (κ1) is 9.67. The summed E-state index contributed by atoms with van der Waals surface area (Å²) in [6.45, 7) is 1.90. The Kier molecular flexibility index (Phi) is 3.40. The summed E-state index contributed by atoms with van der Waals surface area (Å²) in [5.41, 5.74) is 0.800. The van der Waals surface area contributed by atoms with Crippen LogP contribution in [0, 0.1) is 0 Å². The lowest BCUT2D eigenvalue weighted by molar-refractivity contribution is -0.114. The molecule has 0 aliphatic carbocycles. The van der Waals surface area contributed by atoms with E-state index in [1.165, 1.54) is 6.92 Å². The Balaban J connectivity index is 2.73. The van der Waals surface area contributed by atoms with Crippen molar-refractivity contribution in [1.82, 2.24) is 4.98 Å². The van der Waals surface area contributed by atoms with Crippen LogP contribution in [-0.4, -0.2) is 18.0 Å². The van der Waals surface area contributed by atoms with Crippen LogP contribution in [0.15, 0.2) is 18.2 Å². The number of carbonyl (C=O) groups is 1. The summed E-state index contributed by atoms with van der Waals surface area (Å²) in [6, 6.07) is 5.40. The predicted octanol–water partition coefficient (Wildman–Crippen LogP) is 1.19. The molecule has 0 spiro atoms. The molecule has 4 nitrogen and oxygen atoms in total. The maximum absolute atomic E-state index is 10.7. The van der Waals surface area contributed by atoms with Gasteiger partial charge in [0.15, 0.2) is 0 Å². The van der Waals surface area contributed by atoms with Gasteiger partial charge in [-0.25, -0.2) is 4.98 Å². The van der Waals surface area contributed by atoms with E-state index < -0.39 is 0 Å². The monoisotopic (exact) mass is 180 g/mol. The minimum absolute atomic E-state index is 0.123. The Hall–Kier alpha value is -1.42. The van der Waals surface area contributed by atoms with Gasteiger partial charge in [-0.3, -0.25) is 4.79 Å². The Morgan fingerprint density at radius 2 is 2.38 bits per heavy atom. The second-order valence-electron chi connectivity index (χ2n) is 2.63. The van der Waals surface area contributed by atoms with Crippen molar-refractivity contribution in [2.24, 2.45) is 0 Å². The van der Waals surface area contributed by atoms with Gasteiger partial charge in [0.05, 0.1) is 12.3 Å². The fourth-order valence-corrected chi connectivity index (χ4v) is 0.958. The summed E-state index contributed by atoms with van der Waals surface area (Å²) < 4.78 is 4.91. The fourth-order valence-electron chi connectivity index (χ4n) is 0.958. The highest BCUT2D eigenvalue weighted by Gasteiger charge is 1.98. The van der Waals surface area contributed by atoms with Crippen molar-refractivity contribution in [1.29, 1.82) is 0 Å². The Labute approximate surface area is 76.9 Å². The van der Waals surface area contributed by atoms with E-state index in [0.717, 1.165) is 5.69 Å². The number of anilines is 1. The molecule has 0 aromatic carbocycles. The number of methoxy groups -OCH3 is 1. The quantitative estimate of drug-likeness (QED) is 0.760. The molecule has 1 aromatic rings. The van der Waals surface area contributed by atoms with Crippen LogP contribution in [0.2, 0.25) is 0 Å². The minimum atomic E-state index is -0.123. The highest BCUT2D eigenvalue weighted by molar-refractivity contribution is 5.87. The van der Waals surface area contributed by atoms with Gasteiger partial charge in [-0.15, -0.1) is 0 Å². The van der Waals surface area contributed by atoms with Crippen molar-refractivity contribution in [3.63, 3.8) is 0 Å². The number of pyridine rings is 1. The van der Waals surface area contributed by atoms with Crippen molar-refractivity contribution in [2.45, 2.75) is 13.5 Å². The third-order valence-electron chi connectivity index (χ3n) is 1.40. The summed E-state index contributed by atoms with van der Waals surface area (Å²) in [5.74, 6) is 0.434. The first-order chi connectivity index (χ1) is 6.22. The molecule has 13 heavy (non-hydrogen) atoms. The van der Waals surface area contributed by atoms with Crippen LogP contribution in [-0.2, 0) is 16.1 Å². The van der Waals surface area contributed by atoms with Gasteiger partial charge in [0, 0.05) is 14.0 Å². The van der Waals surface area contributed by atoms with E-state index in [2.05, 4.69) is 10.3 Å². The van der Waals surface area contributed by atoms with Crippen LogP contribution >= 0.6 is 0 Å². The zero-order valence-corrected chi connectivity index (χ0v) is 7.70. The van der Waals surface area contributed by atoms with Crippen LogP contribution in [0.25, 0.3) is 0 Å². The second-order valence-corrected chi connectivity index (χ2v) is 2.63. The lowest BCUT2D eigenvalue weighted by Crippen LogP contribution is -2.08. The van der Waals surface area contributed by atoms with Crippen LogP contribution < -0.4 is 5.32 Å². The third-order valence-corrected chi connectivity index (χ3v) is 1.40. The van der Waals surface area contributed by atoms with Gasteiger partial charge in [0.2, 0.25) is 5.91 Å². The number of hydrogen-bond acceptors (Lipinski definition) is 3.